The van der Waals surface area contributed by atoms with Gasteiger partial charge in [-0.15, -0.1) is 0 Å². The van der Waals surface area contributed by atoms with Crippen LogP contribution in [0.15, 0.2) is 119 Å². The third-order valence-electron chi connectivity index (χ3n) is 14.5. The molecule has 0 radical (unpaired) electrons. The maximum absolute atomic E-state index is 3.21. The van der Waals surface area contributed by atoms with E-state index < -0.39 is 0 Å². The summed E-state index contributed by atoms with van der Waals surface area (Å²) in [5.41, 5.74) is 10.5. The lowest BCUT2D eigenvalue weighted by Crippen LogP contribution is -2.79. The number of rotatable bonds is 0. The minimum absolute atomic E-state index is 0.0953. The highest BCUT2D eigenvalue weighted by Crippen LogP contribution is 2.76. The second-order valence-corrected chi connectivity index (χ2v) is 16.0. The van der Waals surface area contributed by atoms with Crippen molar-refractivity contribution in [3.05, 3.63) is 119 Å². The second-order valence-electron chi connectivity index (χ2n) is 16.0. The number of allylic oxidation sites excluding steroid dienone is 16. The summed E-state index contributed by atoms with van der Waals surface area (Å²) in [5, 5.41) is 0. The molecule has 6 aliphatic carbocycles. The first-order chi connectivity index (χ1) is 19.4. The zero-order valence-corrected chi connectivity index (χ0v) is 24.0. The molecule has 0 aromatic heterocycles. The lowest BCUT2D eigenvalue weighted by molar-refractivity contribution is -0.102. The quantitative estimate of drug-likeness (QED) is 0.297. The molecule has 40 heavy (non-hydrogen) atoms. The van der Waals surface area contributed by atoms with Crippen LogP contribution in [0.5, 0.6) is 0 Å². The van der Waals surface area contributed by atoms with Gasteiger partial charge in [0.15, 0.2) is 6.71 Å². The van der Waals surface area contributed by atoms with Gasteiger partial charge in [-0.05, 0) is 62.9 Å². The Morgan fingerprint density at radius 3 is 2.42 bits per heavy atom. The summed E-state index contributed by atoms with van der Waals surface area (Å²) in [5.74, 6) is 5.57. The highest BCUT2D eigenvalue weighted by molar-refractivity contribution is 6.67. The van der Waals surface area contributed by atoms with E-state index in [1.54, 1.807) is 33.4 Å². The molecule has 11 aliphatic rings. The van der Waals surface area contributed by atoms with Crippen LogP contribution in [0.3, 0.4) is 0 Å². The standard InChI is InChI=1S/C38H38BN/c1-37(2)25-15-8-16-26-34(25)40-35-27(37)17-19-9-5-11-21-23-13-7-14-24-22-12-6-10-20-18-28(38(26,3)4)36(40)33(30(20)22)39(31(23)24)32(35)29(19)21/h5-18,21,24,26,28-36H,1-4H3. The normalized spacial score (nSPS) is 50.8. The van der Waals surface area contributed by atoms with Crippen LogP contribution < -0.4 is 0 Å². The monoisotopic (exact) mass is 519 g/mol. The minimum atomic E-state index is 0.0953. The topological polar surface area (TPSA) is 3.24 Å². The van der Waals surface area contributed by atoms with Crippen molar-refractivity contribution in [2.75, 3.05) is 0 Å². The molecule has 5 aliphatic heterocycles. The van der Waals surface area contributed by atoms with Crippen molar-refractivity contribution in [2.45, 2.75) is 63.3 Å². The van der Waals surface area contributed by atoms with Gasteiger partial charge in [0.2, 0.25) is 0 Å². The van der Waals surface area contributed by atoms with Gasteiger partial charge in [0.05, 0.1) is 0 Å². The number of piperidine rings is 2. The first kappa shape index (κ1) is 22.1. The van der Waals surface area contributed by atoms with Crippen LogP contribution in [0.2, 0.25) is 17.5 Å². The average molecular weight is 520 g/mol. The first-order valence-electron chi connectivity index (χ1n) is 16.1. The van der Waals surface area contributed by atoms with Gasteiger partial charge in [-0.2, -0.15) is 0 Å². The number of nitrogens with zero attached hydrogens (tertiary/aromatic N) is 1. The molecule has 5 heterocycles. The molecule has 0 aromatic carbocycles. The Morgan fingerprint density at radius 1 is 0.725 bits per heavy atom. The average Bonchev–Trinajstić information content (AvgIpc) is 2.96. The number of fused-ring (bicyclic) bond motifs is 2. The summed E-state index contributed by atoms with van der Waals surface area (Å²) in [7, 11) is 0. The van der Waals surface area contributed by atoms with E-state index in [2.05, 4.69) is 118 Å². The third kappa shape index (κ3) is 2.10. The van der Waals surface area contributed by atoms with E-state index in [4.69, 9.17) is 0 Å². The lowest BCUT2D eigenvalue weighted by Gasteiger charge is -2.76. The van der Waals surface area contributed by atoms with Gasteiger partial charge in [0, 0.05) is 41.3 Å². The van der Waals surface area contributed by atoms with Crippen LogP contribution in [0.1, 0.15) is 27.7 Å². The molecule has 12 unspecified atom stereocenters. The summed E-state index contributed by atoms with van der Waals surface area (Å²) in [4.78, 5) is 3.21. The van der Waals surface area contributed by atoms with Crippen molar-refractivity contribution in [1.29, 1.82) is 0 Å². The van der Waals surface area contributed by atoms with Crippen molar-refractivity contribution in [3.63, 3.8) is 0 Å². The fraction of sp³-hybridized carbons (Fsp3) is 0.474. The molecular weight excluding hydrogens is 481 g/mol. The predicted molar refractivity (Wildman–Crippen MR) is 164 cm³/mol. The van der Waals surface area contributed by atoms with Crippen molar-refractivity contribution in [3.8, 4) is 0 Å². The molecule has 11 rings (SSSR count). The molecule has 12 atom stereocenters. The van der Waals surface area contributed by atoms with Crippen LogP contribution in [-0.2, 0) is 0 Å². The molecule has 198 valence electrons. The van der Waals surface area contributed by atoms with E-state index in [9.17, 15) is 0 Å². The zero-order valence-electron chi connectivity index (χ0n) is 24.0. The Balaban J connectivity index is 1.28. The maximum atomic E-state index is 3.21. The maximum Gasteiger partial charge on any atom is 0.161 e. The molecule has 0 N–H and O–H groups in total. The molecule has 0 spiro atoms. The van der Waals surface area contributed by atoms with E-state index in [1.165, 1.54) is 0 Å². The molecule has 0 saturated carbocycles. The smallest absolute Gasteiger partial charge is 0.161 e. The predicted octanol–water partition coefficient (Wildman–Crippen LogP) is 7.68. The van der Waals surface area contributed by atoms with Gasteiger partial charge >= 0.3 is 0 Å². The molecule has 1 nitrogen and oxygen atoms in total. The second kappa shape index (κ2) is 6.57. The van der Waals surface area contributed by atoms with Gasteiger partial charge in [0.1, 0.15) is 0 Å². The summed E-state index contributed by atoms with van der Waals surface area (Å²) < 4.78 is 0. The summed E-state index contributed by atoms with van der Waals surface area (Å²) in [6.07, 6.45) is 35.6. The number of hydrogen-bond donors (Lipinski definition) is 0. The molecule has 0 bridgehead atoms. The molecule has 0 amide bonds. The Hall–Kier alpha value is -2.58. The third-order valence-corrected chi connectivity index (χ3v) is 14.5. The molecular formula is C38H38BN. The van der Waals surface area contributed by atoms with Crippen LogP contribution in [0.4, 0.5) is 0 Å². The van der Waals surface area contributed by atoms with Crippen LogP contribution in [0, 0.1) is 46.3 Å². The van der Waals surface area contributed by atoms with Gasteiger partial charge in [0.25, 0.3) is 0 Å². The van der Waals surface area contributed by atoms with Crippen LogP contribution >= 0.6 is 0 Å². The van der Waals surface area contributed by atoms with Crippen LogP contribution in [0.25, 0.3) is 0 Å². The fourth-order valence-electron chi connectivity index (χ4n) is 13.3. The largest absolute Gasteiger partial charge is 0.287 e. The minimum Gasteiger partial charge on any atom is -0.287 e. The Kier molecular flexibility index (Phi) is 3.63. The first-order valence-corrected chi connectivity index (χ1v) is 16.1. The molecule has 5 saturated heterocycles. The zero-order chi connectivity index (χ0) is 26.4. The van der Waals surface area contributed by atoms with E-state index in [0.29, 0.717) is 71.1 Å². The summed E-state index contributed by atoms with van der Waals surface area (Å²) in [6.45, 7) is 11.2. The number of hydrogen-bond acceptors (Lipinski definition) is 1. The summed E-state index contributed by atoms with van der Waals surface area (Å²) >= 11 is 0. The van der Waals surface area contributed by atoms with Crippen molar-refractivity contribution < 1.29 is 0 Å². The summed E-state index contributed by atoms with van der Waals surface area (Å²) in [6, 6.07) is 1.72. The van der Waals surface area contributed by atoms with E-state index >= 15 is 0 Å². The van der Waals surface area contributed by atoms with Crippen molar-refractivity contribution in [2.24, 2.45) is 46.3 Å². The Bertz CT molecular complexity index is 1640. The van der Waals surface area contributed by atoms with Gasteiger partial charge in [-0.1, -0.05) is 124 Å². The van der Waals surface area contributed by atoms with E-state index in [-0.39, 0.29) is 10.8 Å². The van der Waals surface area contributed by atoms with Crippen molar-refractivity contribution >= 4 is 6.71 Å². The fourth-order valence-corrected chi connectivity index (χ4v) is 13.3. The molecule has 5 fully saturated rings. The Labute approximate surface area is 239 Å². The SMILES string of the molecule is CC1(C)C2=CC3=CC=CC4C5=CC=CC6C7=CC=CC8=CC9C%10C(B(C56)C(C34)C2N%10C2C1=CC=CC2C9(C)C)C87. The van der Waals surface area contributed by atoms with Crippen molar-refractivity contribution in [1.82, 2.24) is 4.90 Å². The van der Waals surface area contributed by atoms with Gasteiger partial charge in [-0.3, -0.25) is 4.90 Å². The van der Waals surface area contributed by atoms with Gasteiger partial charge in [-0.25, -0.2) is 0 Å². The highest BCUT2D eigenvalue weighted by atomic mass is 15.3. The van der Waals surface area contributed by atoms with Crippen LogP contribution in [-0.4, -0.2) is 29.7 Å². The van der Waals surface area contributed by atoms with E-state index in [0.717, 1.165) is 6.71 Å². The lowest BCUT2D eigenvalue weighted by atomic mass is 9.11. The highest BCUT2D eigenvalue weighted by Gasteiger charge is 2.74. The Morgan fingerprint density at radius 2 is 1.52 bits per heavy atom. The van der Waals surface area contributed by atoms with E-state index in [1.807, 2.05) is 0 Å². The molecule has 2 heteroatoms. The van der Waals surface area contributed by atoms with Gasteiger partial charge < -0.3 is 0 Å². The molecule has 0 aromatic rings.